The number of nitrogens with zero attached hydrogens (tertiary/aromatic N) is 1. The van der Waals surface area contributed by atoms with E-state index in [2.05, 4.69) is 54.4 Å². The maximum atomic E-state index is 4.04. The average molecular weight is 211 g/mol. The molecule has 0 aliphatic carbocycles. The molecule has 1 aromatic carbocycles. The number of aromatic nitrogens is 1. The summed E-state index contributed by atoms with van der Waals surface area (Å²) in [5.41, 5.74) is 2.79. The second-order valence-electron chi connectivity index (χ2n) is 4.35. The van der Waals surface area contributed by atoms with Gasteiger partial charge in [-0.15, -0.1) is 0 Å². The first kappa shape index (κ1) is 10.9. The lowest BCUT2D eigenvalue weighted by molar-refractivity contribution is 0.577. The smallest absolute Gasteiger partial charge is 0.0270 e. The van der Waals surface area contributed by atoms with Crippen molar-refractivity contribution in [2.45, 2.75) is 19.8 Å². The van der Waals surface area contributed by atoms with Crippen molar-refractivity contribution < 1.29 is 0 Å². The molecule has 0 fully saturated rings. The van der Waals surface area contributed by atoms with Crippen LogP contribution in [0.3, 0.4) is 0 Å². The Morgan fingerprint density at radius 3 is 2.06 bits per heavy atom. The van der Waals surface area contributed by atoms with Crippen molar-refractivity contribution in [3.8, 4) is 0 Å². The molecule has 0 aliphatic heterocycles. The van der Waals surface area contributed by atoms with Gasteiger partial charge in [-0.25, -0.2) is 0 Å². The van der Waals surface area contributed by atoms with Gasteiger partial charge >= 0.3 is 0 Å². The van der Waals surface area contributed by atoms with Crippen molar-refractivity contribution in [1.82, 2.24) is 4.98 Å². The van der Waals surface area contributed by atoms with Crippen molar-refractivity contribution in [1.29, 1.82) is 0 Å². The normalized spacial score (nSPS) is 12.3. The van der Waals surface area contributed by atoms with Crippen LogP contribution in [0.4, 0.5) is 0 Å². The fourth-order valence-corrected chi connectivity index (χ4v) is 2.01. The van der Waals surface area contributed by atoms with Gasteiger partial charge in [0.05, 0.1) is 0 Å². The zero-order valence-electron chi connectivity index (χ0n) is 9.63. The molecule has 2 rings (SSSR count). The number of pyridine rings is 1. The third-order valence-electron chi connectivity index (χ3n) is 2.76. The minimum absolute atomic E-state index is 0.671. The molecule has 1 atom stereocenters. The molecule has 1 heteroatoms. The minimum Gasteiger partial charge on any atom is -0.265 e. The van der Waals surface area contributed by atoms with Gasteiger partial charge in [0.1, 0.15) is 0 Å². The highest BCUT2D eigenvalue weighted by Gasteiger charge is 2.04. The molecule has 0 bridgehead atoms. The average Bonchev–Trinajstić information content (AvgIpc) is 2.31. The zero-order valence-corrected chi connectivity index (χ0v) is 9.63. The van der Waals surface area contributed by atoms with Crippen molar-refractivity contribution in [3.05, 3.63) is 66.0 Å². The maximum absolute atomic E-state index is 4.04. The molecule has 0 saturated carbocycles. The third-order valence-corrected chi connectivity index (χ3v) is 2.76. The van der Waals surface area contributed by atoms with Crippen molar-refractivity contribution in [3.63, 3.8) is 0 Å². The number of hydrogen-bond donors (Lipinski definition) is 0. The Labute approximate surface area is 97.2 Å². The van der Waals surface area contributed by atoms with E-state index < -0.39 is 0 Å². The fourth-order valence-electron chi connectivity index (χ4n) is 2.01. The Hall–Kier alpha value is -1.63. The molecule has 0 aliphatic rings. The minimum atomic E-state index is 0.671. The van der Waals surface area contributed by atoms with E-state index in [1.165, 1.54) is 11.1 Å². The van der Waals surface area contributed by atoms with E-state index in [-0.39, 0.29) is 0 Å². The molecule has 0 N–H and O–H groups in total. The van der Waals surface area contributed by atoms with Gasteiger partial charge in [0.15, 0.2) is 0 Å². The van der Waals surface area contributed by atoms with Crippen LogP contribution in [0.2, 0.25) is 0 Å². The first-order chi connectivity index (χ1) is 7.84. The lowest BCUT2D eigenvalue weighted by Gasteiger charge is -2.11. The first-order valence-corrected chi connectivity index (χ1v) is 5.77. The molecule has 1 nitrogen and oxygen atoms in total. The topological polar surface area (TPSA) is 12.9 Å². The molecule has 0 saturated heterocycles. The Morgan fingerprint density at radius 2 is 1.44 bits per heavy atom. The molecule has 1 aromatic heterocycles. The van der Waals surface area contributed by atoms with Gasteiger partial charge in [-0.3, -0.25) is 4.98 Å². The van der Waals surface area contributed by atoms with Gasteiger partial charge in [0, 0.05) is 12.4 Å². The summed E-state index contributed by atoms with van der Waals surface area (Å²) in [7, 11) is 0. The molecule has 2 aromatic rings. The standard InChI is InChI=1S/C15H17N/c1-13(11-14-5-3-2-4-6-14)12-15-7-9-16-10-8-15/h2-10,13H,11-12H2,1H3. The molecule has 1 heterocycles. The Kier molecular flexibility index (Phi) is 3.71. The number of rotatable bonds is 4. The monoisotopic (exact) mass is 211 g/mol. The van der Waals surface area contributed by atoms with E-state index in [4.69, 9.17) is 0 Å². The molecule has 1 unspecified atom stereocenters. The van der Waals surface area contributed by atoms with Crippen LogP contribution >= 0.6 is 0 Å². The van der Waals surface area contributed by atoms with Gasteiger partial charge in [-0.05, 0) is 42.0 Å². The van der Waals surface area contributed by atoms with E-state index in [1.54, 1.807) is 0 Å². The van der Waals surface area contributed by atoms with Crippen LogP contribution in [0.15, 0.2) is 54.9 Å². The Bertz CT molecular complexity index is 366. The van der Waals surface area contributed by atoms with Gasteiger partial charge < -0.3 is 0 Å². The van der Waals surface area contributed by atoms with Crippen LogP contribution < -0.4 is 0 Å². The molecule has 82 valence electrons. The third kappa shape index (κ3) is 3.20. The predicted molar refractivity (Wildman–Crippen MR) is 67.3 cm³/mol. The van der Waals surface area contributed by atoms with Crippen LogP contribution in [0, 0.1) is 5.92 Å². The molecular weight excluding hydrogens is 194 g/mol. The highest BCUT2D eigenvalue weighted by Crippen LogP contribution is 2.13. The highest BCUT2D eigenvalue weighted by atomic mass is 14.6. The quantitative estimate of drug-likeness (QED) is 0.754. The lowest BCUT2D eigenvalue weighted by atomic mass is 9.95. The summed E-state index contributed by atoms with van der Waals surface area (Å²) >= 11 is 0. The van der Waals surface area contributed by atoms with E-state index in [0.29, 0.717) is 5.92 Å². The second kappa shape index (κ2) is 5.45. The molecule has 16 heavy (non-hydrogen) atoms. The fraction of sp³-hybridized carbons (Fsp3) is 0.267. The van der Waals surface area contributed by atoms with E-state index in [1.807, 2.05) is 12.4 Å². The maximum Gasteiger partial charge on any atom is 0.0270 e. The predicted octanol–water partition coefficient (Wildman–Crippen LogP) is 3.50. The molecular formula is C15H17N. The summed E-state index contributed by atoms with van der Waals surface area (Å²) in [5.74, 6) is 0.671. The van der Waals surface area contributed by atoms with Crippen LogP contribution in [0.5, 0.6) is 0 Å². The molecule has 0 radical (unpaired) electrons. The SMILES string of the molecule is CC(Cc1ccccc1)Cc1ccncc1. The van der Waals surface area contributed by atoms with Crippen LogP contribution in [-0.4, -0.2) is 4.98 Å². The Morgan fingerprint density at radius 1 is 0.875 bits per heavy atom. The van der Waals surface area contributed by atoms with Crippen LogP contribution in [0.1, 0.15) is 18.1 Å². The van der Waals surface area contributed by atoms with Gasteiger partial charge in [0.2, 0.25) is 0 Å². The lowest BCUT2D eigenvalue weighted by Crippen LogP contribution is -2.03. The van der Waals surface area contributed by atoms with Gasteiger partial charge in [0.25, 0.3) is 0 Å². The second-order valence-corrected chi connectivity index (χ2v) is 4.35. The van der Waals surface area contributed by atoms with Crippen LogP contribution in [-0.2, 0) is 12.8 Å². The van der Waals surface area contributed by atoms with E-state index in [0.717, 1.165) is 12.8 Å². The summed E-state index contributed by atoms with van der Waals surface area (Å²) in [4.78, 5) is 4.04. The van der Waals surface area contributed by atoms with Crippen molar-refractivity contribution in [2.75, 3.05) is 0 Å². The summed E-state index contributed by atoms with van der Waals surface area (Å²) in [6, 6.07) is 14.9. The summed E-state index contributed by atoms with van der Waals surface area (Å²) in [6.45, 7) is 2.30. The molecule has 0 amide bonds. The van der Waals surface area contributed by atoms with Crippen LogP contribution in [0.25, 0.3) is 0 Å². The summed E-state index contributed by atoms with van der Waals surface area (Å²) in [5, 5.41) is 0. The highest BCUT2D eigenvalue weighted by molar-refractivity contribution is 5.16. The number of benzene rings is 1. The van der Waals surface area contributed by atoms with Gasteiger partial charge in [-0.2, -0.15) is 0 Å². The molecule has 0 spiro atoms. The Balaban J connectivity index is 1.92. The first-order valence-electron chi connectivity index (χ1n) is 5.77. The number of hydrogen-bond acceptors (Lipinski definition) is 1. The van der Waals surface area contributed by atoms with E-state index >= 15 is 0 Å². The van der Waals surface area contributed by atoms with E-state index in [9.17, 15) is 0 Å². The largest absolute Gasteiger partial charge is 0.265 e. The van der Waals surface area contributed by atoms with Crippen molar-refractivity contribution >= 4 is 0 Å². The summed E-state index contributed by atoms with van der Waals surface area (Å²) < 4.78 is 0. The van der Waals surface area contributed by atoms with Crippen molar-refractivity contribution in [2.24, 2.45) is 5.92 Å². The van der Waals surface area contributed by atoms with Gasteiger partial charge in [-0.1, -0.05) is 37.3 Å². The zero-order chi connectivity index (χ0) is 11.2. The summed E-state index contributed by atoms with van der Waals surface area (Å²) in [6.07, 6.45) is 6.00.